The lowest BCUT2D eigenvalue weighted by Gasteiger charge is -2.06. The van der Waals surface area contributed by atoms with Crippen LogP contribution in [-0.2, 0) is 0 Å². The molecule has 5 nitrogen and oxygen atoms in total. The first-order valence-corrected chi connectivity index (χ1v) is 3.76. The lowest BCUT2D eigenvalue weighted by Crippen LogP contribution is -2.14. The van der Waals surface area contributed by atoms with Crippen molar-refractivity contribution < 1.29 is 10.0 Å². The van der Waals surface area contributed by atoms with Crippen molar-refractivity contribution >= 4 is 5.69 Å². The summed E-state index contributed by atoms with van der Waals surface area (Å²) >= 11 is 0. The average Bonchev–Trinajstić information content (AvgIpc) is 2.17. The molecule has 1 aromatic rings. The minimum absolute atomic E-state index is 0.0126. The van der Waals surface area contributed by atoms with Crippen molar-refractivity contribution in [2.45, 2.75) is 6.04 Å². The van der Waals surface area contributed by atoms with Crippen LogP contribution in [0.5, 0.6) is 0 Å². The fourth-order valence-corrected chi connectivity index (χ4v) is 0.974. The number of nitrogens with two attached hydrogens (primary N) is 1. The molecule has 0 spiro atoms. The van der Waals surface area contributed by atoms with Gasteiger partial charge in [-0.2, -0.15) is 0 Å². The van der Waals surface area contributed by atoms with E-state index in [1.807, 2.05) is 0 Å². The van der Waals surface area contributed by atoms with Gasteiger partial charge in [0, 0.05) is 12.1 Å². The van der Waals surface area contributed by atoms with Crippen LogP contribution in [0.15, 0.2) is 24.3 Å². The zero-order valence-electron chi connectivity index (χ0n) is 6.88. The van der Waals surface area contributed by atoms with Gasteiger partial charge in [-0.15, -0.1) is 0 Å². The SMILES string of the molecule is NC(CO)c1cccc([N+](=O)[O-])c1. The Morgan fingerprint density at radius 1 is 1.62 bits per heavy atom. The van der Waals surface area contributed by atoms with Crippen LogP contribution >= 0.6 is 0 Å². The highest BCUT2D eigenvalue weighted by Gasteiger charge is 2.09. The quantitative estimate of drug-likeness (QED) is 0.528. The number of nitro benzene ring substituents is 1. The minimum Gasteiger partial charge on any atom is -0.394 e. The molecule has 1 atom stereocenters. The van der Waals surface area contributed by atoms with Crippen molar-refractivity contribution in [1.29, 1.82) is 0 Å². The first-order valence-electron chi connectivity index (χ1n) is 3.76. The third-order valence-electron chi connectivity index (χ3n) is 1.71. The highest BCUT2D eigenvalue weighted by Crippen LogP contribution is 2.17. The maximum Gasteiger partial charge on any atom is 0.269 e. The number of aliphatic hydroxyl groups excluding tert-OH is 1. The summed E-state index contributed by atoms with van der Waals surface area (Å²) in [5, 5.41) is 19.1. The first kappa shape index (κ1) is 9.63. The van der Waals surface area contributed by atoms with Crippen LogP contribution in [0.3, 0.4) is 0 Å². The summed E-state index contributed by atoms with van der Waals surface area (Å²) in [7, 11) is 0. The van der Waals surface area contributed by atoms with Gasteiger partial charge in [-0.05, 0) is 5.56 Å². The van der Waals surface area contributed by atoms with Gasteiger partial charge in [0.25, 0.3) is 5.69 Å². The monoisotopic (exact) mass is 182 g/mol. The molecule has 0 aliphatic heterocycles. The standard InChI is InChI=1S/C8H10N2O3/c9-8(5-11)6-2-1-3-7(4-6)10(12)13/h1-4,8,11H,5,9H2. The van der Waals surface area contributed by atoms with Gasteiger partial charge in [-0.25, -0.2) is 0 Å². The van der Waals surface area contributed by atoms with E-state index < -0.39 is 11.0 Å². The number of benzene rings is 1. The topological polar surface area (TPSA) is 89.4 Å². The van der Waals surface area contributed by atoms with Crippen molar-refractivity contribution in [3.63, 3.8) is 0 Å². The Hall–Kier alpha value is -1.46. The van der Waals surface area contributed by atoms with Crippen molar-refractivity contribution in [3.8, 4) is 0 Å². The molecule has 0 aliphatic rings. The van der Waals surface area contributed by atoms with Crippen molar-refractivity contribution in [1.82, 2.24) is 0 Å². The highest BCUT2D eigenvalue weighted by atomic mass is 16.6. The number of rotatable bonds is 3. The number of hydrogen-bond acceptors (Lipinski definition) is 4. The van der Waals surface area contributed by atoms with E-state index in [0.29, 0.717) is 5.56 Å². The Kier molecular flexibility index (Phi) is 2.94. The maximum absolute atomic E-state index is 10.4. The molecule has 0 aromatic heterocycles. The number of aliphatic hydroxyl groups is 1. The molecule has 5 heteroatoms. The second kappa shape index (κ2) is 3.97. The van der Waals surface area contributed by atoms with Gasteiger partial charge in [0.05, 0.1) is 17.6 Å². The zero-order chi connectivity index (χ0) is 9.84. The van der Waals surface area contributed by atoms with Crippen LogP contribution in [0.25, 0.3) is 0 Å². The molecule has 3 N–H and O–H groups in total. The largest absolute Gasteiger partial charge is 0.394 e. The summed E-state index contributed by atoms with van der Waals surface area (Å²) in [5.41, 5.74) is 6.04. The molecular weight excluding hydrogens is 172 g/mol. The lowest BCUT2D eigenvalue weighted by molar-refractivity contribution is -0.384. The van der Waals surface area contributed by atoms with Gasteiger partial charge in [-0.1, -0.05) is 12.1 Å². The van der Waals surface area contributed by atoms with Gasteiger partial charge in [0.2, 0.25) is 0 Å². The van der Waals surface area contributed by atoms with Gasteiger partial charge >= 0.3 is 0 Å². The third-order valence-corrected chi connectivity index (χ3v) is 1.71. The highest BCUT2D eigenvalue weighted by molar-refractivity contribution is 5.35. The predicted molar refractivity (Wildman–Crippen MR) is 47.1 cm³/mol. The number of nitro groups is 1. The van der Waals surface area contributed by atoms with E-state index in [2.05, 4.69) is 0 Å². The van der Waals surface area contributed by atoms with Gasteiger partial charge in [-0.3, -0.25) is 10.1 Å². The van der Waals surface area contributed by atoms with Crippen LogP contribution in [0.4, 0.5) is 5.69 Å². The molecule has 13 heavy (non-hydrogen) atoms. The average molecular weight is 182 g/mol. The molecule has 1 unspecified atom stereocenters. The summed E-state index contributed by atoms with van der Waals surface area (Å²) in [6.07, 6.45) is 0. The van der Waals surface area contributed by atoms with E-state index in [1.54, 1.807) is 12.1 Å². The van der Waals surface area contributed by atoms with Crippen molar-refractivity contribution in [2.24, 2.45) is 5.73 Å². The van der Waals surface area contributed by atoms with E-state index in [0.717, 1.165) is 0 Å². The fraction of sp³-hybridized carbons (Fsp3) is 0.250. The van der Waals surface area contributed by atoms with Crippen LogP contribution in [0.1, 0.15) is 11.6 Å². The molecule has 0 radical (unpaired) electrons. The Labute approximate surface area is 74.9 Å². The molecule has 0 bridgehead atoms. The Morgan fingerprint density at radius 3 is 2.85 bits per heavy atom. The molecule has 1 rings (SSSR count). The maximum atomic E-state index is 10.4. The summed E-state index contributed by atoms with van der Waals surface area (Å²) in [5.74, 6) is 0. The summed E-state index contributed by atoms with van der Waals surface area (Å²) in [4.78, 5) is 9.87. The Bertz CT molecular complexity index is 314. The van der Waals surface area contributed by atoms with E-state index in [-0.39, 0.29) is 12.3 Å². The first-order chi connectivity index (χ1) is 6.15. The Balaban J connectivity index is 2.98. The van der Waals surface area contributed by atoms with Crippen molar-refractivity contribution in [2.75, 3.05) is 6.61 Å². The van der Waals surface area contributed by atoms with Crippen molar-refractivity contribution in [3.05, 3.63) is 39.9 Å². The molecule has 70 valence electrons. The summed E-state index contributed by atoms with van der Waals surface area (Å²) < 4.78 is 0. The summed E-state index contributed by atoms with van der Waals surface area (Å²) in [6, 6.07) is 5.38. The Morgan fingerprint density at radius 2 is 2.31 bits per heavy atom. The zero-order valence-corrected chi connectivity index (χ0v) is 6.88. The second-order valence-electron chi connectivity index (χ2n) is 2.64. The predicted octanol–water partition coefficient (Wildman–Crippen LogP) is 0.587. The molecule has 0 fully saturated rings. The fourth-order valence-electron chi connectivity index (χ4n) is 0.974. The molecule has 0 amide bonds. The van der Waals surface area contributed by atoms with Gasteiger partial charge in [0.1, 0.15) is 0 Å². The molecular formula is C8H10N2O3. The van der Waals surface area contributed by atoms with Gasteiger partial charge < -0.3 is 10.8 Å². The number of hydrogen-bond donors (Lipinski definition) is 2. The van der Waals surface area contributed by atoms with E-state index >= 15 is 0 Å². The van der Waals surface area contributed by atoms with Crippen LogP contribution in [0, 0.1) is 10.1 Å². The molecule has 1 aromatic carbocycles. The number of nitrogens with zero attached hydrogens (tertiary/aromatic N) is 1. The van der Waals surface area contributed by atoms with Crippen LogP contribution < -0.4 is 5.73 Å². The smallest absolute Gasteiger partial charge is 0.269 e. The molecule has 0 heterocycles. The lowest BCUT2D eigenvalue weighted by atomic mass is 10.1. The number of non-ortho nitro benzene ring substituents is 1. The molecule has 0 saturated carbocycles. The van der Waals surface area contributed by atoms with E-state index in [4.69, 9.17) is 10.8 Å². The normalized spacial score (nSPS) is 12.5. The molecule has 0 aliphatic carbocycles. The summed E-state index contributed by atoms with van der Waals surface area (Å²) in [6.45, 7) is -0.221. The van der Waals surface area contributed by atoms with E-state index in [9.17, 15) is 10.1 Å². The van der Waals surface area contributed by atoms with Crippen LogP contribution in [-0.4, -0.2) is 16.6 Å². The minimum atomic E-state index is -0.556. The van der Waals surface area contributed by atoms with Gasteiger partial charge in [0.15, 0.2) is 0 Å². The second-order valence-corrected chi connectivity index (χ2v) is 2.64. The van der Waals surface area contributed by atoms with Crippen LogP contribution in [0.2, 0.25) is 0 Å². The third kappa shape index (κ3) is 2.24. The van der Waals surface area contributed by atoms with E-state index in [1.165, 1.54) is 12.1 Å². The molecule has 0 saturated heterocycles.